The van der Waals surface area contributed by atoms with E-state index in [0.717, 1.165) is 24.8 Å². The van der Waals surface area contributed by atoms with Gasteiger partial charge in [0, 0.05) is 6.54 Å². The molecule has 0 aliphatic rings. The van der Waals surface area contributed by atoms with Crippen LogP contribution >= 0.6 is 0 Å². The molecule has 1 rings (SSSR count). The number of anilines is 1. The number of hydrogen-bond donors (Lipinski definition) is 2. The lowest BCUT2D eigenvalue weighted by Crippen LogP contribution is -2.05. The summed E-state index contributed by atoms with van der Waals surface area (Å²) < 4.78 is 0. The van der Waals surface area contributed by atoms with E-state index in [2.05, 4.69) is 34.3 Å². The van der Waals surface area contributed by atoms with E-state index < -0.39 is 0 Å². The molecule has 0 spiro atoms. The molecular formula is C7H14N4. The number of hydrogen-bond acceptors (Lipinski definition) is 3. The third kappa shape index (κ3) is 3.02. The quantitative estimate of drug-likeness (QED) is 0.686. The summed E-state index contributed by atoms with van der Waals surface area (Å²) in [5.41, 5.74) is 0. The second kappa shape index (κ2) is 3.95. The van der Waals surface area contributed by atoms with Crippen LogP contribution in [0.4, 0.5) is 5.95 Å². The molecule has 1 heterocycles. The Hall–Kier alpha value is -1.06. The normalized spacial score (nSPS) is 10.5. The summed E-state index contributed by atoms with van der Waals surface area (Å²) in [5, 5.41) is 9.59. The van der Waals surface area contributed by atoms with Gasteiger partial charge in [-0.25, -0.2) is 10.1 Å². The van der Waals surface area contributed by atoms with Crippen LogP contribution in [-0.2, 0) is 0 Å². The highest BCUT2D eigenvalue weighted by Gasteiger charge is 1.95. The average molecular weight is 154 g/mol. The minimum absolute atomic E-state index is 0.727. The number of aromatic nitrogens is 3. The van der Waals surface area contributed by atoms with Gasteiger partial charge in [0.1, 0.15) is 6.33 Å². The fraction of sp³-hybridized carbons (Fsp3) is 0.714. The number of nitrogens with one attached hydrogen (secondary N) is 2. The smallest absolute Gasteiger partial charge is 0.218 e. The molecule has 0 saturated carbocycles. The molecule has 1 aromatic rings. The number of nitrogens with zero attached hydrogens (tertiary/aromatic N) is 2. The van der Waals surface area contributed by atoms with Crippen LogP contribution in [0.25, 0.3) is 0 Å². The van der Waals surface area contributed by atoms with Gasteiger partial charge in [0.15, 0.2) is 0 Å². The predicted molar refractivity (Wildman–Crippen MR) is 44.3 cm³/mol. The van der Waals surface area contributed by atoms with Crippen molar-refractivity contribution in [1.82, 2.24) is 15.2 Å². The van der Waals surface area contributed by atoms with Crippen LogP contribution in [0.3, 0.4) is 0 Å². The van der Waals surface area contributed by atoms with Crippen molar-refractivity contribution in [2.24, 2.45) is 5.92 Å². The first-order valence-electron chi connectivity index (χ1n) is 3.88. The lowest BCUT2D eigenvalue weighted by atomic mass is 10.1. The fourth-order valence-electron chi connectivity index (χ4n) is 0.770. The average Bonchev–Trinajstić information content (AvgIpc) is 2.39. The molecule has 0 atom stereocenters. The second-order valence-electron chi connectivity index (χ2n) is 2.94. The summed E-state index contributed by atoms with van der Waals surface area (Å²) in [5.74, 6) is 1.48. The van der Waals surface area contributed by atoms with E-state index in [0.29, 0.717) is 0 Å². The van der Waals surface area contributed by atoms with Crippen molar-refractivity contribution in [2.45, 2.75) is 20.3 Å². The minimum atomic E-state index is 0.727. The molecule has 0 aliphatic carbocycles. The molecule has 1 aromatic heterocycles. The summed E-state index contributed by atoms with van der Waals surface area (Å²) in [7, 11) is 0. The topological polar surface area (TPSA) is 53.6 Å². The highest BCUT2D eigenvalue weighted by molar-refractivity contribution is 5.19. The van der Waals surface area contributed by atoms with Crippen LogP contribution in [0, 0.1) is 5.92 Å². The maximum Gasteiger partial charge on any atom is 0.218 e. The van der Waals surface area contributed by atoms with Crippen molar-refractivity contribution in [3.05, 3.63) is 6.33 Å². The minimum Gasteiger partial charge on any atom is -0.355 e. The molecule has 4 nitrogen and oxygen atoms in total. The Morgan fingerprint density at radius 1 is 1.64 bits per heavy atom. The zero-order valence-corrected chi connectivity index (χ0v) is 6.96. The van der Waals surface area contributed by atoms with Crippen molar-refractivity contribution in [1.29, 1.82) is 0 Å². The van der Waals surface area contributed by atoms with Gasteiger partial charge in [-0.1, -0.05) is 13.8 Å². The van der Waals surface area contributed by atoms with Crippen LogP contribution in [0.1, 0.15) is 20.3 Å². The lowest BCUT2D eigenvalue weighted by molar-refractivity contribution is 0.606. The Morgan fingerprint density at radius 2 is 2.45 bits per heavy atom. The number of aromatic amines is 1. The Bertz CT molecular complexity index is 180. The molecule has 2 N–H and O–H groups in total. The largest absolute Gasteiger partial charge is 0.355 e. The van der Waals surface area contributed by atoms with E-state index in [1.165, 1.54) is 6.33 Å². The molecule has 0 aromatic carbocycles. The van der Waals surface area contributed by atoms with Gasteiger partial charge in [-0.3, -0.25) is 0 Å². The highest BCUT2D eigenvalue weighted by atomic mass is 15.3. The maximum atomic E-state index is 3.94. The standard InChI is InChI=1S/C7H14N4/c1-6(2)3-4-8-7-9-5-10-11-7/h5-6H,3-4H2,1-2H3,(H2,8,9,10,11). The highest BCUT2D eigenvalue weighted by Crippen LogP contribution is 1.99. The van der Waals surface area contributed by atoms with Crippen LogP contribution in [0.2, 0.25) is 0 Å². The maximum absolute atomic E-state index is 3.94. The molecule has 0 aliphatic heterocycles. The van der Waals surface area contributed by atoms with E-state index in [4.69, 9.17) is 0 Å². The van der Waals surface area contributed by atoms with Crippen molar-refractivity contribution >= 4 is 5.95 Å². The molecule has 0 unspecified atom stereocenters. The van der Waals surface area contributed by atoms with Crippen LogP contribution in [-0.4, -0.2) is 21.7 Å². The third-order valence-electron chi connectivity index (χ3n) is 1.43. The fourth-order valence-corrected chi connectivity index (χ4v) is 0.770. The van der Waals surface area contributed by atoms with Gasteiger partial charge in [0.2, 0.25) is 5.95 Å². The van der Waals surface area contributed by atoms with Gasteiger partial charge < -0.3 is 5.32 Å². The van der Waals surface area contributed by atoms with Gasteiger partial charge in [-0.15, -0.1) is 0 Å². The summed E-state index contributed by atoms with van der Waals surface area (Å²) in [6, 6.07) is 0. The van der Waals surface area contributed by atoms with Crippen molar-refractivity contribution in [3.8, 4) is 0 Å². The molecule has 0 amide bonds. The number of rotatable bonds is 4. The van der Waals surface area contributed by atoms with Crippen LogP contribution in [0.15, 0.2) is 6.33 Å². The molecule has 62 valence electrons. The Balaban J connectivity index is 2.14. The van der Waals surface area contributed by atoms with Crippen molar-refractivity contribution < 1.29 is 0 Å². The van der Waals surface area contributed by atoms with E-state index in [1.807, 2.05) is 0 Å². The van der Waals surface area contributed by atoms with E-state index in [-0.39, 0.29) is 0 Å². The van der Waals surface area contributed by atoms with Gasteiger partial charge in [0.05, 0.1) is 0 Å². The zero-order valence-electron chi connectivity index (χ0n) is 6.96. The van der Waals surface area contributed by atoms with Gasteiger partial charge in [-0.2, -0.15) is 5.10 Å². The van der Waals surface area contributed by atoms with Crippen LogP contribution < -0.4 is 5.32 Å². The van der Waals surface area contributed by atoms with Gasteiger partial charge in [-0.05, 0) is 12.3 Å². The summed E-state index contributed by atoms with van der Waals surface area (Å²) in [6.45, 7) is 5.34. The molecular weight excluding hydrogens is 140 g/mol. The van der Waals surface area contributed by atoms with Gasteiger partial charge >= 0.3 is 0 Å². The molecule has 0 fully saturated rings. The van der Waals surface area contributed by atoms with Crippen molar-refractivity contribution in [3.63, 3.8) is 0 Å². The summed E-state index contributed by atoms with van der Waals surface area (Å²) >= 11 is 0. The summed E-state index contributed by atoms with van der Waals surface area (Å²) in [6.07, 6.45) is 2.65. The SMILES string of the molecule is CC(C)CCNc1ncn[nH]1. The Morgan fingerprint density at radius 3 is 3.00 bits per heavy atom. The first-order valence-corrected chi connectivity index (χ1v) is 3.88. The van der Waals surface area contributed by atoms with Crippen molar-refractivity contribution in [2.75, 3.05) is 11.9 Å². The first-order chi connectivity index (χ1) is 5.29. The van der Waals surface area contributed by atoms with E-state index in [9.17, 15) is 0 Å². The molecule has 0 radical (unpaired) electrons. The first kappa shape index (κ1) is 8.04. The van der Waals surface area contributed by atoms with E-state index >= 15 is 0 Å². The number of H-pyrrole nitrogens is 1. The lowest BCUT2D eigenvalue weighted by Gasteiger charge is -2.03. The van der Waals surface area contributed by atoms with E-state index in [1.54, 1.807) is 0 Å². The second-order valence-corrected chi connectivity index (χ2v) is 2.94. The third-order valence-corrected chi connectivity index (χ3v) is 1.43. The Kier molecular flexibility index (Phi) is 2.89. The zero-order chi connectivity index (χ0) is 8.10. The Labute approximate surface area is 66.4 Å². The molecule has 0 bridgehead atoms. The molecule has 0 saturated heterocycles. The summed E-state index contributed by atoms with van der Waals surface area (Å²) in [4.78, 5) is 3.94. The molecule has 11 heavy (non-hydrogen) atoms. The predicted octanol–water partition coefficient (Wildman–Crippen LogP) is 1.26. The monoisotopic (exact) mass is 154 g/mol. The van der Waals surface area contributed by atoms with Crippen LogP contribution in [0.5, 0.6) is 0 Å². The van der Waals surface area contributed by atoms with Gasteiger partial charge in [0.25, 0.3) is 0 Å². The molecule has 4 heteroatoms.